The minimum atomic E-state index is -0.352. The van der Waals surface area contributed by atoms with Crippen molar-refractivity contribution < 1.29 is 14.2 Å². The van der Waals surface area contributed by atoms with Gasteiger partial charge >= 0.3 is 82.5 Å². The summed E-state index contributed by atoms with van der Waals surface area (Å²) in [5.74, 6) is -0.352. The van der Waals surface area contributed by atoms with Gasteiger partial charge in [-0.15, -0.1) is 0 Å². The molecule has 1 aliphatic rings. The second kappa shape index (κ2) is 4.84. The summed E-state index contributed by atoms with van der Waals surface area (Å²) in [6.07, 6.45) is 2.18. The molecule has 74 valence electrons. The van der Waals surface area contributed by atoms with Crippen LogP contribution >= 0.6 is 0 Å². The van der Waals surface area contributed by atoms with Gasteiger partial charge in [0.15, 0.2) is 0 Å². The van der Waals surface area contributed by atoms with Gasteiger partial charge in [-0.25, -0.2) is 0 Å². The van der Waals surface area contributed by atoms with Gasteiger partial charge in [0, 0.05) is 0 Å². The van der Waals surface area contributed by atoms with Crippen LogP contribution in [-0.4, -0.2) is 31.4 Å². The third-order valence-electron chi connectivity index (χ3n) is 2.18. The molecule has 0 bridgehead atoms. The van der Waals surface area contributed by atoms with E-state index < -0.39 is 0 Å². The average Bonchev–Trinajstić information content (AvgIpc) is 2.48. The molecule has 0 radical (unpaired) electrons. The molecule has 0 aromatic rings. The molecule has 14 heavy (non-hydrogen) atoms. The third kappa shape index (κ3) is 2.37. The molecule has 0 N–H and O–H groups in total. The molecule has 0 aromatic heterocycles. The monoisotopic (exact) mass is 193 g/mol. The molecular weight excluding hydrogens is 181 g/mol. The molecule has 4 nitrogen and oxygen atoms in total. The van der Waals surface area contributed by atoms with Crippen molar-refractivity contribution in [2.75, 3.05) is 0 Å². The van der Waals surface area contributed by atoms with Crippen LogP contribution in [0.15, 0.2) is 17.1 Å². The summed E-state index contributed by atoms with van der Waals surface area (Å²) >= 11 is 0. The van der Waals surface area contributed by atoms with E-state index in [4.69, 9.17) is 4.74 Å². The van der Waals surface area contributed by atoms with Crippen LogP contribution in [0.3, 0.4) is 0 Å². The maximum atomic E-state index is 11.0. The number of aliphatic imine (C=N–C) groups is 1. The van der Waals surface area contributed by atoms with Crippen LogP contribution in [0, 0.1) is 0 Å². The first-order valence-corrected chi connectivity index (χ1v) is 4.54. The fraction of sp³-hybridized carbons (Fsp3) is 0.556. The van der Waals surface area contributed by atoms with Gasteiger partial charge in [0.1, 0.15) is 0 Å². The number of carbonyl (C=O) groups excluding carboxylic acids is 1. The van der Waals surface area contributed by atoms with Crippen molar-refractivity contribution in [1.29, 1.82) is 0 Å². The van der Waals surface area contributed by atoms with Gasteiger partial charge in [0.05, 0.1) is 0 Å². The van der Waals surface area contributed by atoms with Gasteiger partial charge < -0.3 is 0 Å². The minimum absolute atomic E-state index is 0.136. The van der Waals surface area contributed by atoms with E-state index in [2.05, 4.69) is 11.6 Å². The molecule has 0 amide bonds. The summed E-state index contributed by atoms with van der Waals surface area (Å²) in [6.45, 7) is 5.52. The van der Waals surface area contributed by atoms with Crippen molar-refractivity contribution in [2.24, 2.45) is 4.99 Å². The number of rotatable bonds is 4. The Hall–Kier alpha value is -1.26. The molecule has 0 aromatic carbocycles. The van der Waals surface area contributed by atoms with Crippen LogP contribution in [0.5, 0.6) is 0 Å². The van der Waals surface area contributed by atoms with Crippen LogP contribution in [0.25, 0.3) is 0 Å². The van der Waals surface area contributed by atoms with Gasteiger partial charge in [0.25, 0.3) is 0 Å². The van der Waals surface area contributed by atoms with Crippen LogP contribution < -0.4 is 0 Å². The third-order valence-corrected chi connectivity index (χ3v) is 2.18. The van der Waals surface area contributed by atoms with E-state index in [1.165, 1.54) is 6.11 Å². The van der Waals surface area contributed by atoms with Crippen LogP contribution in [0.1, 0.15) is 19.8 Å². The van der Waals surface area contributed by atoms with Gasteiger partial charge in [-0.05, 0) is 0 Å². The average molecular weight is 193 g/mol. The number of carbonyl (C=O) groups is 1. The molecule has 1 fully saturated rings. The van der Waals surface area contributed by atoms with Crippen LogP contribution in [0.4, 0.5) is 0 Å². The second-order valence-corrected chi connectivity index (χ2v) is 3.16. The Morgan fingerprint density at radius 3 is 3.00 bits per heavy atom. The molecule has 0 spiro atoms. The van der Waals surface area contributed by atoms with Gasteiger partial charge in [-0.3, -0.25) is 0 Å². The van der Waals surface area contributed by atoms with Crippen molar-refractivity contribution in [2.45, 2.75) is 31.9 Å². The number of hydrogen-bond acceptors (Lipinski definition) is 4. The zero-order valence-electron chi connectivity index (χ0n) is 8.10. The molecule has 1 aliphatic heterocycles. The van der Waals surface area contributed by atoms with Crippen molar-refractivity contribution in [1.82, 2.24) is 0 Å². The van der Waals surface area contributed by atoms with E-state index in [-0.39, 0.29) is 18.1 Å². The summed E-state index contributed by atoms with van der Waals surface area (Å²) in [5, 5.41) is 0. The quantitative estimate of drug-likeness (QED) is 0.286. The SMILES string of the molecule is C=C1C[C@@H](C(CC)N=CB=O)OC1=O. The fourth-order valence-corrected chi connectivity index (χ4v) is 1.41. The Bertz CT molecular complexity index is 272. The Balaban J connectivity index is 2.63. The van der Waals surface area contributed by atoms with Crippen LogP contribution in [-0.2, 0) is 14.2 Å². The molecule has 2 atom stereocenters. The second-order valence-electron chi connectivity index (χ2n) is 3.16. The Kier molecular flexibility index (Phi) is 3.74. The first-order valence-electron chi connectivity index (χ1n) is 4.54. The zero-order valence-corrected chi connectivity index (χ0v) is 8.10. The predicted octanol–water partition coefficient (Wildman–Crippen LogP) is 0.715. The molecule has 1 rings (SSSR count). The van der Waals surface area contributed by atoms with Crippen molar-refractivity contribution in [3.63, 3.8) is 0 Å². The number of hydrogen-bond donors (Lipinski definition) is 0. The summed E-state index contributed by atoms with van der Waals surface area (Å²) in [7, 11) is 0.619. The molecule has 1 saturated heterocycles. The van der Waals surface area contributed by atoms with E-state index in [0.29, 0.717) is 19.1 Å². The number of nitrogens with zero attached hydrogens (tertiary/aromatic N) is 1. The molecule has 1 heterocycles. The normalized spacial score (nSPS) is 23.6. The van der Waals surface area contributed by atoms with Crippen molar-refractivity contribution in [3.8, 4) is 0 Å². The summed E-state index contributed by atoms with van der Waals surface area (Å²) in [5.41, 5.74) is 0.481. The van der Waals surface area contributed by atoms with Crippen molar-refractivity contribution >= 4 is 19.2 Å². The topological polar surface area (TPSA) is 55.7 Å². The van der Waals surface area contributed by atoms with Gasteiger partial charge in [-0.2, -0.15) is 0 Å². The van der Waals surface area contributed by atoms with Crippen molar-refractivity contribution in [3.05, 3.63) is 12.2 Å². The fourth-order valence-electron chi connectivity index (χ4n) is 1.41. The van der Waals surface area contributed by atoms with E-state index in [1.807, 2.05) is 6.92 Å². The Morgan fingerprint density at radius 2 is 2.57 bits per heavy atom. The first kappa shape index (κ1) is 10.8. The number of esters is 1. The van der Waals surface area contributed by atoms with E-state index >= 15 is 0 Å². The van der Waals surface area contributed by atoms with Gasteiger partial charge in [-0.1, -0.05) is 0 Å². The molecule has 0 saturated carbocycles. The Labute approximate surface area is 83.3 Å². The van der Waals surface area contributed by atoms with Crippen LogP contribution in [0.2, 0.25) is 0 Å². The number of cyclic esters (lactones) is 1. The summed E-state index contributed by atoms with van der Waals surface area (Å²) in [4.78, 5) is 15.0. The molecule has 0 aliphatic carbocycles. The molecule has 5 heteroatoms. The first-order chi connectivity index (χ1) is 6.69. The Morgan fingerprint density at radius 1 is 1.86 bits per heavy atom. The van der Waals surface area contributed by atoms with Gasteiger partial charge in [0.2, 0.25) is 0 Å². The van der Waals surface area contributed by atoms with E-state index in [9.17, 15) is 9.50 Å². The molecular formula is C9H12BNO3. The maximum absolute atomic E-state index is 11.0. The predicted molar refractivity (Wildman–Crippen MR) is 52.6 cm³/mol. The zero-order chi connectivity index (χ0) is 10.6. The molecule has 1 unspecified atom stereocenters. The summed E-state index contributed by atoms with van der Waals surface area (Å²) in [6, 6.07) is -0.136. The van der Waals surface area contributed by atoms with E-state index in [1.54, 1.807) is 0 Å². The van der Waals surface area contributed by atoms with E-state index in [0.717, 1.165) is 6.42 Å². The number of ether oxygens (including phenoxy) is 1. The standard InChI is InChI=1S/C9H12BNO3/c1-3-7(11-5-10-13)8-4-6(2)9(12)14-8/h5,7-8H,2-4H2,1H3/t7?,8-/m0/s1. The summed E-state index contributed by atoms with van der Waals surface area (Å²) < 4.78 is 15.1.